The molecule has 0 heterocycles. The summed E-state index contributed by atoms with van der Waals surface area (Å²) in [6.45, 7) is 3.67. The van der Waals surface area contributed by atoms with E-state index >= 15 is 0 Å². The fourth-order valence-electron chi connectivity index (χ4n) is 2.24. The zero-order chi connectivity index (χ0) is 16.3. The number of carbonyl (C=O) groups is 1. The molecule has 1 aromatic carbocycles. The maximum absolute atomic E-state index is 14.2. The molecule has 0 spiro atoms. The lowest BCUT2D eigenvalue weighted by Gasteiger charge is -2.15. The van der Waals surface area contributed by atoms with E-state index in [0.717, 1.165) is 11.1 Å². The van der Waals surface area contributed by atoms with Gasteiger partial charge in [-0.3, -0.25) is 4.79 Å². The van der Waals surface area contributed by atoms with E-state index in [4.69, 9.17) is 16.7 Å². The topological polar surface area (TPSA) is 49.3 Å². The molecular formula is C17H17ClFNO2. The van der Waals surface area contributed by atoms with Crippen LogP contribution in [-0.4, -0.2) is 11.1 Å². The number of benzene rings is 1. The van der Waals surface area contributed by atoms with E-state index in [1.807, 2.05) is 13.0 Å². The van der Waals surface area contributed by atoms with Crippen LogP contribution in [-0.2, 0) is 11.2 Å². The lowest BCUT2D eigenvalue weighted by molar-refractivity contribution is -0.136. The maximum atomic E-state index is 14.2. The van der Waals surface area contributed by atoms with E-state index in [9.17, 15) is 9.18 Å². The van der Waals surface area contributed by atoms with Crippen LogP contribution in [0.3, 0.4) is 0 Å². The van der Waals surface area contributed by atoms with Crippen molar-refractivity contribution in [2.45, 2.75) is 26.7 Å². The molecular weight excluding hydrogens is 305 g/mol. The van der Waals surface area contributed by atoms with Crippen molar-refractivity contribution in [1.82, 2.24) is 0 Å². The highest BCUT2D eigenvalue weighted by Crippen LogP contribution is 2.31. The highest BCUT2D eigenvalue weighted by molar-refractivity contribution is 6.32. The Balaban J connectivity index is 2.42. The standard InChI is InChI=1S/C17H17ClFNO2/c1-10-6-7-14(12(8-10)9-15(21)22)20-17-13(19)5-3-4-11(2)16(17)18/h3-4,6-8,20H,5,9H2,1-2H3,(H,21,22). The van der Waals surface area contributed by atoms with Crippen LogP contribution in [0.5, 0.6) is 0 Å². The molecule has 0 saturated heterocycles. The second-order valence-corrected chi connectivity index (χ2v) is 5.62. The third kappa shape index (κ3) is 3.77. The largest absolute Gasteiger partial charge is 0.481 e. The minimum absolute atomic E-state index is 0.141. The normalized spacial score (nSPS) is 15.1. The quantitative estimate of drug-likeness (QED) is 0.846. The van der Waals surface area contributed by atoms with Gasteiger partial charge in [0.2, 0.25) is 0 Å². The second-order valence-electron chi connectivity index (χ2n) is 5.24. The van der Waals surface area contributed by atoms with Crippen LogP contribution >= 0.6 is 11.6 Å². The van der Waals surface area contributed by atoms with E-state index < -0.39 is 5.97 Å². The summed E-state index contributed by atoms with van der Waals surface area (Å²) in [4.78, 5) is 11.0. The molecule has 0 amide bonds. The summed E-state index contributed by atoms with van der Waals surface area (Å²) < 4.78 is 14.2. The van der Waals surface area contributed by atoms with E-state index in [1.165, 1.54) is 0 Å². The lowest BCUT2D eigenvalue weighted by atomic mass is 10.1. The van der Waals surface area contributed by atoms with Gasteiger partial charge in [0, 0.05) is 12.1 Å². The van der Waals surface area contributed by atoms with Crippen molar-refractivity contribution in [2.75, 3.05) is 5.32 Å². The molecule has 0 unspecified atom stereocenters. The highest BCUT2D eigenvalue weighted by atomic mass is 35.5. The number of aryl methyl sites for hydroxylation is 1. The van der Waals surface area contributed by atoms with Crippen LogP contribution in [0.1, 0.15) is 24.5 Å². The first-order valence-corrected chi connectivity index (χ1v) is 7.26. The number of anilines is 1. The van der Waals surface area contributed by atoms with Crippen LogP contribution < -0.4 is 5.32 Å². The Morgan fingerprint density at radius 2 is 2.14 bits per heavy atom. The average Bonchev–Trinajstić information content (AvgIpc) is 2.55. The smallest absolute Gasteiger partial charge is 0.307 e. The Bertz CT molecular complexity index is 705. The SMILES string of the molecule is CC1=C(Cl)C(Nc2ccc(C)cc2CC(=O)O)=C(F)CC=C1. The van der Waals surface area contributed by atoms with Crippen LogP contribution in [0.4, 0.5) is 10.1 Å². The Kier molecular flexibility index (Phi) is 5.03. The van der Waals surface area contributed by atoms with Gasteiger partial charge in [0.15, 0.2) is 0 Å². The number of nitrogens with one attached hydrogen (secondary N) is 1. The Labute approximate surface area is 133 Å². The number of hydrogen-bond donors (Lipinski definition) is 2. The van der Waals surface area contributed by atoms with Crippen molar-refractivity contribution in [3.05, 3.63) is 63.6 Å². The highest BCUT2D eigenvalue weighted by Gasteiger charge is 2.17. The number of rotatable bonds is 4. The van der Waals surface area contributed by atoms with Crippen molar-refractivity contribution in [3.63, 3.8) is 0 Å². The minimum atomic E-state index is -0.941. The monoisotopic (exact) mass is 321 g/mol. The molecule has 0 fully saturated rings. The maximum Gasteiger partial charge on any atom is 0.307 e. The molecule has 116 valence electrons. The van der Waals surface area contributed by atoms with Gasteiger partial charge < -0.3 is 10.4 Å². The fourth-order valence-corrected chi connectivity index (χ4v) is 2.45. The number of halogens is 2. The Hall–Kier alpha value is -2.07. The summed E-state index contributed by atoms with van der Waals surface area (Å²) in [5.74, 6) is -1.32. The predicted octanol–water partition coefficient (Wildman–Crippen LogP) is 4.69. The van der Waals surface area contributed by atoms with Gasteiger partial charge in [-0.2, -0.15) is 0 Å². The zero-order valence-electron chi connectivity index (χ0n) is 12.4. The number of allylic oxidation sites excluding steroid dienone is 5. The minimum Gasteiger partial charge on any atom is -0.481 e. The molecule has 0 aliphatic heterocycles. The molecule has 0 atom stereocenters. The summed E-state index contributed by atoms with van der Waals surface area (Å²) >= 11 is 6.22. The molecule has 2 rings (SSSR count). The van der Waals surface area contributed by atoms with Crippen LogP contribution in [0, 0.1) is 6.92 Å². The molecule has 0 radical (unpaired) electrons. The Morgan fingerprint density at radius 1 is 1.41 bits per heavy atom. The van der Waals surface area contributed by atoms with Gasteiger partial charge in [0.25, 0.3) is 0 Å². The van der Waals surface area contributed by atoms with Crippen molar-refractivity contribution in [3.8, 4) is 0 Å². The van der Waals surface area contributed by atoms with Crippen LogP contribution in [0.2, 0.25) is 0 Å². The number of carboxylic acids is 1. The summed E-state index contributed by atoms with van der Waals surface area (Å²) in [6.07, 6.45) is 3.48. The molecule has 3 nitrogen and oxygen atoms in total. The average molecular weight is 322 g/mol. The van der Waals surface area contributed by atoms with Gasteiger partial charge in [-0.1, -0.05) is 41.4 Å². The van der Waals surface area contributed by atoms with Crippen LogP contribution in [0.25, 0.3) is 0 Å². The van der Waals surface area contributed by atoms with Crippen molar-refractivity contribution in [2.24, 2.45) is 0 Å². The summed E-state index contributed by atoms with van der Waals surface area (Å²) in [7, 11) is 0. The van der Waals surface area contributed by atoms with Gasteiger partial charge in [0.05, 0.1) is 17.2 Å². The van der Waals surface area contributed by atoms with Crippen molar-refractivity contribution in [1.29, 1.82) is 0 Å². The Morgan fingerprint density at radius 3 is 2.82 bits per heavy atom. The predicted molar refractivity (Wildman–Crippen MR) is 86.6 cm³/mol. The third-order valence-corrected chi connectivity index (χ3v) is 3.85. The molecule has 0 saturated carbocycles. The van der Waals surface area contributed by atoms with Gasteiger partial charge in [-0.25, -0.2) is 4.39 Å². The van der Waals surface area contributed by atoms with Gasteiger partial charge in [0.1, 0.15) is 5.83 Å². The summed E-state index contributed by atoms with van der Waals surface area (Å²) in [5, 5.41) is 12.3. The molecule has 22 heavy (non-hydrogen) atoms. The van der Waals surface area contributed by atoms with Gasteiger partial charge in [-0.15, -0.1) is 0 Å². The van der Waals surface area contributed by atoms with Gasteiger partial charge >= 0.3 is 5.97 Å². The molecule has 1 aliphatic carbocycles. The molecule has 5 heteroatoms. The summed E-state index contributed by atoms with van der Waals surface area (Å²) in [5.41, 5.74) is 3.03. The lowest BCUT2D eigenvalue weighted by Crippen LogP contribution is -2.08. The second kappa shape index (κ2) is 6.79. The van der Waals surface area contributed by atoms with E-state index in [-0.39, 0.29) is 24.4 Å². The van der Waals surface area contributed by atoms with Crippen molar-refractivity contribution < 1.29 is 14.3 Å². The van der Waals surface area contributed by atoms with Crippen molar-refractivity contribution >= 4 is 23.3 Å². The summed E-state index contributed by atoms with van der Waals surface area (Å²) in [6, 6.07) is 5.35. The fraction of sp³-hybridized carbons (Fsp3) is 0.235. The third-order valence-electron chi connectivity index (χ3n) is 3.36. The van der Waals surface area contributed by atoms with E-state index in [0.29, 0.717) is 16.3 Å². The first kappa shape index (κ1) is 16.3. The van der Waals surface area contributed by atoms with E-state index in [1.54, 1.807) is 31.2 Å². The van der Waals surface area contributed by atoms with Crippen LogP contribution in [0.15, 0.2) is 52.5 Å². The zero-order valence-corrected chi connectivity index (χ0v) is 13.2. The first-order chi connectivity index (χ1) is 10.4. The van der Waals surface area contributed by atoms with Gasteiger partial charge in [-0.05, 0) is 31.1 Å². The van der Waals surface area contributed by atoms with E-state index in [2.05, 4.69) is 5.32 Å². The molecule has 0 aromatic heterocycles. The molecule has 0 bridgehead atoms. The first-order valence-electron chi connectivity index (χ1n) is 6.88. The molecule has 1 aromatic rings. The number of aliphatic carboxylic acids is 1. The molecule has 1 aliphatic rings. The number of carboxylic acid groups (broad SMARTS) is 1. The number of hydrogen-bond acceptors (Lipinski definition) is 2. The molecule has 2 N–H and O–H groups in total.